The number of carbonyl (C=O) groups is 1. The zero-order chi connectivity index (χ0) is 13.9. The van der Waals surface area contributed by atoms with Gasteiger partial charge in [0.2, 0.25) is 5.91 Å². The van der Waals surface area contributed by atoms with E-state index in [2.05, 4.69) is 31.0 Å². The van der Waals surface area contributed by atoms with Crippen LogP contribution in [0.3, 0.4) is 0 Å². The minimum Gasteiger partial charge on any atom is -0.368 e. The number of piperidine rings is 1. The van der Waals surface area contributed by atoms with Gasteiger partial charge in [0, 0.05) is 12.6 Å². The number of hydrogen-bond donors (Lipinski definition) is 2. The highest BCUT2D eigenvalue weighted by molar-refractivity contribution is 5.84. The molecule has 0 aliphatic carbocycles. The molecule has 0 aromatic heterocycles. The molecular formula is C14H29N3O. The second-order valence-electron chi connectivity index (χ2n) is 6.24. The van der Waals surface area contributed by atoms with Crippen LogP contribution in [0.15, 0.2) is 0 Å². The van der Waals surface area contributed by atoms with Crippen LogP contribution in [0, 0.1) is 11.8 Å². The summed E-state index contributed by atoms with van der Waals surface area (Å²) in [5.74, 6) is 1.27. The number of primary amides is 1. The van der Waals surface area contributed by atoms with Gasteiger partial charge in [0.25, 0.3) is 0 Å². The Hall–Kier alpha value is -0.610. The Bertz CT molecular complexity index is 295. The van der Waals surface area contributed by atoms with Gasteiger partial charge in [-0.05, 0) is 52.1 Å². The van der Waals surface area contributed by atoms with Crippen LogP contribution in [0.4, 0.5) is 0 Å². The molecule has 4 atom stereocenters. The number of carbonyl (C=O) groups excluding carboxylic acids is 1. The van der Waals surface area contributed by atoms with Crippen molar-refractivity contribution in [2.24, 2.45) is 17.6 Å². The summed E-state index contributed by atoms with van der Waals surface area (Å²) in [4.78, 5) is 14.0. The van der Waals surface area contributed by atoms with Crippen LogP contribution in [0.2, 0.25) is 0 Å². The number of likely N-dealkylation sites (tertiary alicyclic amines) is 1. The molecule has 18 heavy (non-hydrogen) atoms. The average molecular weight is 255 g/mol. The number of hydrogen-bond acceptors (Lipinski definition) is 3. The summed E-state index contributed by atoms with van der Waals surface area (Å²) in [6.45, 7) is 11.0. The minimum atomic E-state index is -0.605. The van der Waals surface area contributed by atoms with Crippen LogP contribution in [0.5, 0.6) is 0 Å². The fourth-order valence-corrected chi connectivity index (χ4v) is 2.74. The number of rotatable bonds is 5. The highest BCUT2D eigenvalue weighted by atomic mass is 16.1. The van der Waals surface area contributed by atoms with Crippen molar-refractivity contribution >= 4 is 5.91 Å². The lowest BCUT2D eigenvalue weighted by Gasteiger charge is -2.41. The third kappa shape index (κ3) is 3.45. The molecule has 4 unspecified atom stereocenters. The molecule has 106 valence electrons. The predicted molar refractivity (Wildman–Crippen MR) is 75.3 cm³/mol. The molecule has 0 radical (unpaired) electrons. The molecule has 0 bridgehead atoms. The maximum atomic E-state index is 11.5. The molecule has 1 aliphatic rings. The van der Waals surface area contributed by atoms with Gasteiger partial charge in [0.05, 0.1) is 5.54 Å². The molecule has 1 fully saturated rings. The van der Waals surface area contributed by atoms with Crippen LogP contribution >= 0.6 is 0 Å². The van der Waals surface area contributed by atoms with Crippen LogP contribution in [-0.4, -0.2) is 42.5 Å². The smallest absolute Gasteiger partial charge is 0.237 e. The molecule has 1 saturated heterocycles. The molecule has 3 N–H and O–H groups in total. The van der Waals surface area contributed by atoms with Gasteiger partial charge in [-0.1, -0.05) is 13.8 Å². The summed E-state index contributed by atoms with van der Waals surface area (Å²) >= 11 is 0. The first-order chi connectivity index (χ1) is 8.30. The molecule has 1 rings (SSSR count). The normalized spacial score (nSPS) is 30.7. The van der Waals surface area contributed by atoms with Crippen molar-refractivity contribution in [3.8, 4) is 0 Å². The summed E-state index contributed by atoms with van der Waals surface area (Å²) in [5.41, 5.74) is 4.88. The maximum Gasteiger partial charge on any atom is 0.237 e. The van der Waals surface area contributed by atoms with E-state index >= 15 is 0 Å². The molecule has 4 heteroatoms. The predicted octanol–water partition coefficient (Wildman–Crippen LogP) is 1.21. The van der Waals surface area contributed by atoms with Gasteiger partial charge in [0.15, 0.2) is 0 Å². The molecule has 1 aliphatic heterocycles. The zero-order valence-electron chi connectivity index (χ0n) is 12.5. The van der Waals surface area contributed by atoms with Gasteiger partial charge in [-0.25, -0.2) is 0 Å². The lowest BCUT2D eigenvalue weighted by atomic mass is 9.86. The van der Waals surface area contributed by atoms with E-state index in [4.69, 9.17) is 5.73 Å². The highest BCUT2D eigenvalue weighted by Gasteiger charge is 2.34. The largest absolute Gasteiger partial charge is 0.368 e. The van der Waals surface area contributed by atoms with Gasteiger partial charge < -0.3 is 16.0 Å². The number of nitrogens with one attached hydrogen (secondary N) is 1. The summed E-state index contributed by atoms with van der Waals surface area (Å²) in [7, 11) is 1.80. The van der Waals surface area contributed by atoms with E-state index in [1.54, 1.807) is 7.05 Å². The fourth-order valence-electron chi connectivity index (χ4n) is 2.74. The highest BCUT2D eigenvalue weighted by Crippen LogP contribution is 2.26. The van der Waals surface area contributed by atoms with Crippen LogP contribution in [-0.2, 0) is 4.79 Å². The van der Waals surface area contributed by atoms with Gasteiger partial charge in [-0.3, -0.25) is 4.79 Å². The molecule has 1 heterocycles. The van der Waals surface area contributed by atoms with E-state index < -0.39 is 5.54 Å². The van der Waals surface area contributed by atoms with E-state index in [1.165, 1.54) is 6.42 Å². The summed E-state index contributed by atoms with van der Waals surface area (Å²) in [6, 6.07) is 0.380. The molecular weight excluding hydrogens is 226 g/mol. The van der Waals surface area contributed by atoms with Crippen molar-refractivity contribution in [1.29, 1.82) is 0 Å². The molecule has 0 spiro atoms. The van der Waals surface area contributed by atoms with Crippen molar-refractivity contribution in [1.82, 2.24) is 10.2 Å². The molecule has 0 aromatic carbocycles. The number of nitrogens with two attached hydrogens (primary N) is 1. The van der Waals surface area contributed by atoms with Gasteiger partial charge >= 0.3 is 0 Å². The Labute approximate surface area is 111 Å². The third-order valence-electron chi connectivity index (χ3n) is 4.79. The van der Waals surface area contributed by atoms with E-state index in [0.717, 1.165) is 31.3 Å². The van der Waals surface area contributed by atoms with E-state index in [9.17, 15) is 4.79 Å². The number of amides is 1. The Balaban J connectivity index is 2.60. The molecule has 4 nitrogen and oxygen atoms in total. The third-order valence-corrected chi connectivity index (χ3v) is 4.79. The lowest BCUT2D eigenvalue weighted by molar-refractivity contribution is -0.124. The van der Waals surface area contributed by atoms with Crippen LogP contribution in [0.1, 0.15) is 40.5 Å². The molecule has 0 saturated carbocycles. The Morgan fingerprint density at radius 1 is 1.50 bits per heavy atom. The number of nitrogens with zero attached hydrogens (tertiary/aromatic N) is 1. The second kappa shape index (κ2) is 6.02. The fraction of sp³-hybridized carbons (Fsp3) is 0.929. The van der Waals surface area contributed by atoms with Crippen molar-refractivity contribution in [2.45, 2.75) is 52.1 Å². The first-order valence-electron chi connectivity index (χ1n) is 7.03. The topological polar surface area (TPSA) is 58.4 Å². The first kappa shape index (κ1) is 15.4. The van der Waals surface area contributed by atoms with Crippen molar-refractivity contribution in [3.05, 3.63) is 0 Å². The van der Waals surface area contributed by atoms with Gasteiger partial charge in [0.1, 0.15) is 0 Å². The lowest BCUT2D eigenvalue weighted by Crippen LogP contribution is -2.56. The van der Waals surface area contributed by atoms with Gasteiger partial charge in [-0.15, -0.1) is 0 Å². The van der Waals surface area contributed by atoms with E-state index in [0.29, 0.717) is 6.04 Å². The molecule has 1 amide bonds. The summed E-state index contributed by atoms with van der Waals surface area (Å²) in [6.07, 6.45) is 2.01. The Kier molecular flexibility index (Phi) is 5.17. The second-order valence-corrected chi connectivity index (χ2v) is 6.24. The standard InChI is InChI=1S/C14H29N3O/c1-10-6-7-17(9-11(10)2)12(3)8-14(4,16-5)13(15)18/h10-12,16H,6-9H2,1-5H3,(H2,15,18). The average Bonchev–Trinajstić information content (AvgIpc) is 2.32. The number of likely N-dealkylation sites (N-methyl/N-ethyl adjacent to an activating group) is 1. The van der Waals surface area contributed by atoms with E-state index in [-0.39, 0.29) is 5.91 Å². The van der Waals surface area contributed by atoms with Crippen molar-refractivity contribution in [2.75, 3.05) is 20.1 Å². The maximum absolute atomic E-state index is 11.5. The van der Waals surface area contributed by atoms with Crippen molar-refractivity contribution < 1.29 is 4.79 Å². The minimum absolute atomic E-state index is 0.268. The first-order valence-corrected chi connectivity index (χ1v) is 7.03. The molecule has 0 aromatic rings. The zero-order valence-corrected chi connectivity index (χ0v) is 12.5. The summed E-state index contributed by atoms with van der Waals surface area (Å²) < 4.78 is 0. The Morgan fingerprint density at radius 2 is 2.11 bits per heavy atom. The quantitative estimate of drug-likeness (QED) is 0.776. The van der Waals surface area contributed by atoms with Crippen LogP contribution in [0.25, 0.3) is 0 Å². The monoisotopic (exact) mass is 255 g/mol. The van der Waals surface area contributed by atoms with Gasteiger partial charge in [-0.2, -0.15) is 0 Å². The Morgan fingerprint density at radius 3 is 2.56 bits per heavy atom. The summed E-state index contributed by atoms with van der Waals surface area (Å²) in [5, 5.41) is 3.07. The van der Waals surface area contributed by atoms with E-state index in [1.807, 2.05) is 6.92 Å². The SMILES string of the molecule is CNC(C)(CC(C)N1CCC(C)C(C)C1)C(N)=O. The van der Waals surface area contributed by atoms with Crippen LogP contribution < -0.4 is 11.1 Å². The van der Waals surface area contributed by atoms with Crippen molar-refractivity contribution in [3.63, 3.8) is 0 Å².